The molecule has 0 atom stereocenters. The third kappa shape index (κ3) is 4.17. The number of aromatic nitrogens is 2. The summed E-state index contributed by atoms with van der Waals surface area (Å²) in [5.74, 6) is 0.207. The number of aryl methyl sites for hydroxylation is 1. The molecule has 5 heteroatoms. The molecule has 3 aromatic rings. The predicted octanol–water partition coefficient (Wildman–Crippen LogP) is 4.66. The Bertz CT molecular complexity index is 873. The summed E-state index contributed by atoms with van der Waals surface area (Å²) in [6.07, 6.45) is 1.72. The quantitative estimate of drug-likeness (QED) is 0.477. The van der Waals surface area contributed by atoms with Crippen molar-refractivity contribution in [2.75, 3.05) is 5.75 Å². The summed E-state index contributed by atoms with van der Waals surface area (Å²) in [6.45, 7) is 4.56. The van der Waals surface area contributed by atoms with Crippen molar-refractivity contribution in [2.45, 2.75) is 25.4 Å². The maximum absolute atomic E-state index is 13.1. The minimum atomic E-state index is -0.243. The van der Waals surface area contributed by atoms with Crippen molar-refractivity contribution in [3.8, 4) is 0 Å². The van der Waals surface area contributed by atoms with Gasteiger partial charge in [0.05, 0.1) is 10.8 Å². The van der Waals surface area contributed by atoms with Crippen molar-refractivity contribution in [2.24, 2.45) is 0 Å². The number of carbonyl (C=O) groups is 1. The van der Waals surface area contributed by atoms with Crippen molar-refractivity contribution >= 4 is 17.5 Å². The van der Waals surface area contributed by atoms with Crippen LogP contribution >= 0.6 is 11.8 Å². The van der Waals surface area contributed by atoms with E-state index in [1.807, 2.05) is 38.1 Å². The lowest BCUT2D eigenvalue weighted by molar-refractivity contribution is 0.102. The minimum absolute atomic E-state index is 0.0918. The van der Waals surface area contributed by atoms with E-state index in [0.717, 1.165) is 27.5 Å². The second kappa shape index (κ2) is 7.66. The van der Waals surface area contributed by atoms with Gasteiger partial charge in [-0.3, -0.25) is 4.79 Å². The van der Waals surface area contributed by atoms with Crippen molar-refractivity contribution < 1.29 is 9.18 Å². The van der Waals surface area contributed by atoms with Crippen LogP contribution in [-0.4, -0.2) is 21.1 Å². The van der Waals surface area contributed by atoms with Gasteiger partial charge in [0.15, 0.2) is 5.78 Å². The summed E-state index contributed by atoms with van der Waals surface area (Å²) in [5, 5.41) is 0.843. The molecule has 0 bridgehead atoms. The van der Waals surface area contributed by atoms with Gasteiger partial charge in [0, 0.05) is 29.7 Å². The fourth-order valence-electron chi connectivity index (χ4n) is 2.75. The number of carbonyl (C=O) groups excluding carboxylic acids is 1. The Kier molecular flexibility index (Phi) is 5.34. The lowest BCUT2D eigenvalue weighted by atomic mass is 10.2. The SMILES string of the molecule is Cc1cc(C(=O)CSc2ccccn2)c(C)n1Cc1ccc(F)cc1. The molecule has 0 aliphatic rings. The molecule has 25 heavy (non-hydrogen) atoms. The third-order valence-electron chi connectivity index (χ3n) is 4.12. The van der Waals surface area contributed by atoms with Crippen LogP contribution in [0.1, 0.15) is 27.3 Å². The zero-order valence-corrected chi connectivity index (χ0v) is 15.0. The van der Waals surface area contributed by atoms with Crippen LogP contribution in [0.2, 0.25) is 0 Å². The van der Waals surface area contributed by atoms with Crippen LogP contribution in [0.5, 0.6) is 0 Å². The summed E-state index contributed by atoms with van der Waals surface area (Å²) < 4.78 is 15.1. The maximum atomic E-state index is 13.1. The van der Waals surface area contributed by atoms with Crippen molar-refractivity contribution in [3.05, 3.63) is 83.1 Å². The highest BCUT2D eigenvalue weighted by Crippen LogP contribution is 2.21. The molecule has 0 amide bonds. The van der Waals surface area contributed by atoms with E-state index in [2.05, 4.69) is 9.55 Å². The normalized spacial score (nSPS) is 10.8. The van der Waals surface area contributed by atoms with Crippen LogP contribution in [0.4, 0.5) is 4.39 Å². The van der Waals surface area contributed by atoms with Gasteiger partial charge in [-0.05, 0) is 49.7 Å². The van der Waals surface area contributed by atoms with Crippen LogP contribution < -0.4 is 0 Å². The van der Waals surface area contributed by atoms with E-state index in [1.54, 1.807) is 18.3 Å². The number of hydrogen-bond acceptors (Lipinski definition) is 3. The van der Waals surface area contributed by atoms with Gasteiger partial charge >= 0.3 is 0 Å². The molecule has 0 fully saturated rings. The van der Waals surface area contributed by atoms with Gasteiger partial charge in [-0.15, -0.1) is 0 Å². The van der Waals surface area contributed by atoms with Crippen molar-refractivity contribution in [3.63, 3.8) is 0 Å². The Morgan fingerprint density at radius 1 is 1.16 bits per heavy atom. The third-order valence-corrected chi connectivity index (χ3v) is 5.06. The topological polar surface area (TPSA) is 34.9 Å². The molecule has 0 aliphatic carbocycles. The van der Waals surface area contributed by atoms with E-state index < -0.39 is 0 Å². The first-order valence-corrected chi connectivity index (χ1v) is 9.01. The molecule has 0 aliphatic heterocycles. The van der Waals surface area contributed by atoms with Gasteiger partial charge in [0.2, 0.25) is 0 Å². The molecule has 0 saturated carbocycles. The smallest absolute Gasteiger partial charge is 0.174 e. The Morgan fingerprint density at radius 2 is 1.92 bits per heavy atom. The predicted molar refractivity (Wildman–Crippen MR) is 98.7 cm³/mol. The lowest BCUT2D eigenvalue weighted by Gasteiger charge is -2.10. The van der Waals surface area contributed by atoms with Gasteiger partial charge in [-0.2, -0.15) is 0 Å². The molecular formula is C20H19FN2OS. The second-order valence-corrected chi connectivity index (χ2v) is 6.87. The maximum Gasteiger partial charge on any atom is 0.174 e. The monoisotopic (exact) mass is 354 g/mol. The van der Waals surface area contributed by atoms with E-state index >= 15 is 0 Å². The number of benzene rings is 1. The van der Waals surface area contributed by atoms with E-state index in [4.69, 9.17) is 0 Å². The highest BCUT2D eigenvalue weighted by molar-refractivity contribution is 7.99. The summed E-state index contributed by atoms with van der Waals surface area (Å²) in [6, 6.07) is 14.1. The second-order valence-electron chi connectivity index (χ2n) is 5.88. The molecule has 0 unspecified atom stereocenters. The van der Waals surface area contributed by atoms with E-state index in [9.17, 15) is 9.18 Å². The molecule has 128 valence electrons. The number of nitrogens with zero attached hydrogens (tertiary/aromatic N) is 2. The molecule has 1 aromatic carbocycles. The molecule has 2 aromatic heterocycles. The van der Waals surface area contributed by atoms with Crippen LogP contribution in [0.25, 0.3) is 0 Å². The highest BCUT2D eigenvalue weighted by Gasteiger charge is 2.16. The van der Waals surface area contributed by atoms with Crippen LogP contribution in [0, 0.1) is 19.7 Å². The lowest BCUT2D eigenvalue weighted by Crippen LogP contribution is -2.07. The molecular weight excluding hydrogens is 335 g/mol. The Labute approximate surface area is 150 Å². The number of ketones is 1. The van der Waals surface area contributed by atoms with Crippen molar-refractivity contribution in [1.82, 2.24) is 9.55 Å². The number of thioether (sulfide) groups is 1. The van der Waals surface area contributed by atoms with Gasteiger partial charge < -0.3 is 4.57 Å². The summed E-state index contributed by atoms with van der Waals surface area (Å²) in [7, 11) is 0. The van der Waals surface area contributed by atoms with Crippen LogP contribution in [-0.2, 0) is 6.54 Å². The van der Waals surface area contributed by atoms with Gasteiger partial charge in [-0.1, -0.05) is 30.0 Å². The molecule has 0 radical (unpaired) electrons. The minimum Gasteiger partial charge on any atom is -0.344 e. The first-order valence-electron chi connectivity index (χ1n) is 8.03. The first kappa shape index (κ1) is 17.4. The summed E-state index contributed by atoms with van der Waals surface area (Å²) in [4.78, 5) is 16.8. The fourth-order valence-corrected chi connectivity index (χ4v) is 3.49. The average molecular weight is 354 g/mol. The Morgan fingerprint density at radius 3 is 2.60 bits per heavy atom. The molecule has 3 nitrogen and oxygen atoms in total. The number of rotatable bonds is 6. The molecule has 0 spiro atoms. The fraction of sp³-hybridized carbons (Fsp3) is 0.200. The van der Waals surface area contributed by atoms with Crippen LogP contribution in [0.15, 0.2) is 59.8 Å². The van der Waals surface area contributed by atoms with Gasteiger partial charge in [0.25, 0.3) is 0 Å². The van der Waals surface area contributed by atoms with Crippen LogP contribution in [0.3, 0.4) is 0 Å². The van der Waals surface area contributed by atoms with E-state index in [0.29, 0.717) is 12.3 Å². The van der Waals surface area contributed by atoms with Gasteiger partial charge in [-0.25, -0.2) is 9.37 Å². The van der Waals surface area contributed by atoms with Gasteiger partial charge in [0.1, 0.15) is 5.82 Å². The van der Waals surface area contributed by atoms with E-state index in [-0.39, 0.29) is 11.6 Å². The summed E-state index contributed by atoms with van der Waals surface area (Å²) in [5.41, 5.74) is 3.70. The highest BCUT2D eigenvalue weighted by atomic mass is 32.2. The molecule has 0 saturated heterocycles. The van der Waals surface area contributed by atoms with E-state index in [1.165, 1.54) is 23.9 Å². The first-order chi connectivity index (χ1) is 12.0. The number of pyridine rings is 1. The zero-order chi connectivity index (χ0) is 17.8. The Hall–Kier alpha value is -2.40. The Balaban J connectivity index is 1.74. The number of hydrogen-bond donors (Lipinski definition) is 0. The zero-order valence-electron chi connectivity index (χ0n) is 14.2. The standard InChI is InChI=1S/C20H19FN2OS/c1-14-11-18(19(24)13-25-20-5-3-4-10-22-20)15(2)23(14)12-16-6-8-17(21)9-7-16/h3-11H,12-13H2,1-2H3. The molecule has 2 heterocycles. The summed E-state index contributed by atoms with van der Waals surface area (Å²) >= 11 is 1.44. The molecule has 3 rings (SSSR count). The number of Topliss-reactive ketones (excluding diaryl/α,β-unsaturated/α-hetero) is 1. The largest absolute Gasteiger partial charge is 0.344 e. The molecule has 0 N–H and O–H groups in total. The number of halogens is 1. The van der Waals surface area contributed by atoms with Crippen molar-refractivity contribution in [1.29, 1.82) is 0 Å². The average Bonchev–Trinajstić information content (AvgIpc) is 2.90.